The van der Waals surface area contributed by atoms with Gasteiger partial charge in [0.1, 0.15) is 11.6 Å². The van der Waals surface area contributed by atoms with E-state index in [1.165, 1.54) is 18.3 Å². The molecule has 0 fully saturated rings. The van der Waals surface area contributed by atoms with E-state index >= 15 is 0 Å². The molecule has 3 aromatic rings. The Labute approximate surface area is 158 Å². The van der Waals surface area contributed by atoms with Gasteiger partial charge in [0.05, 0.1) is 11.1 Å². The van der Waals surface area contributed by atoms with Crippen LogP contribution in [0.25, 0.3) is 0 Å². The second kappa shape index (κ2) is 7.99. The number of aromatic hydroxyl groups is 1. The molecule has 0 saturated carbocycles. The van der Waals surface area contributed by atoms with Gasteiger partial charge in [0.25, 0.3) is 5.91 Å². The van der Waals surface area contributed by atoms with E-state index < -0.39 is 17.6 Å². The number of anilines is 2. The number of amides is 1. The molecule has 3 N–H and O–H groups in total. The number of hydrogen-bond acceptors (Lipinski definition) is 4. The lowest BCUT2D eigenvalue weighted by Gasteiger charge is -2.12. The largest absolute Gasteiger partial charge is 0.508 e. The van der Waals surface area contributed by atoms with Gasteiger partial charge in [-0.25, -0.2) is 4.98 Å². The normalized spacial score (nSPS) is 11.1. The number of benzene rings is 2. The lowest BCUT2D eigenvalue weighted by atomic mass is 10.1. The van der Waals surface area contributed by atoms with E-state index in [0.29, 0.717) is 12.4 Å². The number of rotatable bonds is 5. The van der Waals surface area contributed by atoms with Crippen LogP contribution in [0.4, 0.5) is 24.7 Å². The Bertz CT molecular complexity index is 956. The average molecular weight is 387 g/mol. The summed E-state index contributed by atoms with van der Waals surface area (Å²) in [6.45, 7) is 0.373. The first-order valence-electron chi connectivity index (χ1n) is 8.28. The van der Waals surface area contributed by atoms with E-state index in [4.69, 9.17) is 0 Å². The van der Waals surface area contributed by atoms with Gasteiger partial charge in [0.15, 0.2) is 0 Å². The molecule has 0 saturated heterocycles. The molecule has 0 bridgehead atoms. The van der Waals surface area contributed by atoms with Crippen LogP contribution in [-0.2, 0) is 12.7 Å². The Kier molecular flexibility index (Phi) is 5.49. The highest BCUT2D eigenvalue weighted by Gasteiger charge is 2.30. The quantitative estimate of drug-likeness (QED) is 0.595. The molecule has 144 valence electrons. The van der Waals surface area contributed by atoms with Crippen LogP contribution in [0.2, 0.25) is 0 Å². The number of hydrogen-bond donors (Lipinski definition) is 3. The van der Waals surface area contributed by atoms with E-state index in [-0.39, 0.29) is 17.0 Å². The van der Waals surface area contributed by atoms with E-state index in [0.717, 1.165) is 17.7 Å². The molecule has 0 aliphatic carbocycles. The number of phenols is 1. The zero-order valence-electron chi connectivity index (χ0n) is 14.5. The molecule has 2 aromatic carbocycles. The number of pyridine rings is 1. The minimum absolute atomic E-state index is 0.151. The lowest BCUT2D eigenvalue weighted by molar-refractivity contribution is -0.137. The second-order valence-electron chi connectivity index (χ2n) is 5.95. The van der Waals surface area contributed by atoms with Crippen molar-refractivity contribution < 1.29 is 23.1 Å². The third-order valence-electron chi connectivity index (χ3n) is 3.92. The van der Waals surface area contributed by atoms with Crippen LogP contribution in [-0.4, -0.2) is 16.0 Å². The van der Waals surface area contributed by atoms with E-state index in [1.807, 2.05) is 0 Å². The van der Waals surface area contributed by atoms with E-state index in [9.17, 15) is 23.1 Å². The maximum atomic E-state index is 12.6. The van der Waals surface area contributed by atoms with Crippen molar-refractivity contribution in [3.63, 3.8) is 0 Å². The summed E-state index contributed by atoms with van der Waals surface area (Å²) in [4.78, 5) is 16.7. The standard InChI is InChI=1S/C20H16F3N3O2/c21-20(22,23)14-5-7-15(8-6-14)26-19(28)17-2-1-11-24-18(17)25-12-13-3-9-16(27)10-4-13/h1-11,27H,12H2,(H,24,25)(H,26,28). The fourth-order valence-corrected chi connectivity index (χ4v) is 2.47. The number of aromatic nitrogens is 1. The molecule has 1 heterocycles. The van der Waals surface area contributed by atoms with Crippen LogP contribution in [0.5, 0.6) is 5.75 Å². The highest BCUT2D eigenvalue weighted by molar-refractivity contribution is 6.07. The van der Waals surface area contributed by atoms with Gasteiger partial charge in [-0.15, -0.1) is 0 Å². The van der Waals surface area contributed by atoms with Gasteiger partial charge in [-0.05, 0) is 54.1 Å². The SMILES string of the molecule is O=C(Nc1ccc(C(F)(F)F)cc1)c1cccnc1NCc1ccc(O)cc1. The molecule has 1 amide bonds. The topological polar surface area (TPSA) is 74.2 Å². The fraction of sp³-hybridized carbons (Fsp3) is 0.100. The van der Waals surface area contributed by atoms with Crippen LogP contribution in [0.1, 0.15) is 21.5 Å². The van der Waals surface area contributed by atoms with Gasteiger partial charge in [-0.1, -0.05) is 12.1 Å². The molecular weight excluding hydrogens is 371 g/mol. The van der Waals surface area contributed by atoms with Crippen LogP contribution < -0.4 is 10.6 Å². The summed E-state index contributed by atoms with van der Waals surface area (Å²) in [5.41, 5.74) is 0.577. The third kappa shape index (κ3) is 4.79. The summed E-state index contributed by atoms with van der Waals surface area (Å²) in [7, 11) is 0. The Morgan fingerprint density at radius 2 is 1.68 bits per heavy atom. The summed E-state index contributed by atoms with van der Waals surface area (Å²) in [5, 5.41) is 14.9. The van der Waals surface area contributed by atoms with Crippen molar-refractivity contribution in [3.8, 4) is 5.75 Å². The van der Waals surface area contributed by atoms with Gasteiger partial charge in [-0.2, -0.15) is 13.2 Å². The molecular formula is C20H16F3N3O2. The molecule has 5 nitrogen and oxygen atoms in total. The summed E-state index contributed by atoms with van der Waals surface area (Å²) < 4.78 is 37.9. The highest BCUT2D eigenvalue weighted by atomic mass is 19.4. The minimum atomic E-state index is -4.43. The highest BCUT2D eigenvalue weighted by Crippen LogP contribution is 2.30. The predicted molar refractivity (Wildman–Crippen MR) is 99.1 cm³/mol. The minimum Gasteiger partial charge on any atom is -0.508 e. The summed E-state index contributed by atoms with van der Waals surface area (Å²) in [6, 6.07) is 13.9. The van der Waals surface area contributed by atoms with Crippen molar-refractivity contribution in [2.75, 3.05) is 10.6 Å². The van der Waals surface area contributed by atoms with Gasteiger partial charge in [-0.3, -0.25) is 4.79 Å². The number of carbonyl (C=O) groups excluding carboxylic acids is 1. The molecule has 0 atom stereocenters. The van der Waals surface area contributed by atoms with Crippen LogP contribution in [0, 0.1) is 0 Å². The molecule has 0 aliphatic heterocycles. The van der Waals surface area contributed by atoms with E-state index in [2.05, 4.69) is 15.6 Å². The number of nitrogens with zero attached hydrogens (tertiary/aromatic N) is 1. The number of phenolic OH excluding ortho intramolecular Hbond substituents is 1. The van der Waals surface area contributed by atoms with Crippen molar-refractivity contribution in [2.24, 2.45) is 0 Å². The zero-order chi connectivity index (χ0) is 20.1. The van der Waals surface area contributed by atoms with Gasteiger partial charge >= 0.3 is 6.18 Å². The average Bonchev–Trinajstić information content (AvgIpc) is 2.67. The second-order valence-corrected chi connectivity index (χ2v) is 5.95. The predicted octanol–water partition coefficient (Wildman–Crippen LogP) is 4.67. The smallest absolute Gasteiger partial charge is 0.416 e. The number of halogens is 3. The van der Waals surface area contributed by atoms with Crippen molar-refractivity contribution in [1.82, 2.24) is 4.98 Å². The van der Waals surface area contributed by atoms with Crippen molar-refractivity contribution >= 4 is 17.4 Å². The van der Waals surface area contributed by atoms with E-state index in [1.54, 1.807) is 36.4 Å². The maximum Gasteiger partial charge on any atom is 0.416 e. The molecule has 3 rings (SSSR count). The van der Waals surface area contributed by atoms with Crippen LogP contribution in [0.3, 0.4) is 0 Å². The van der Waals surface area contributed by atoms with Crippen molar-refractivity contribution in [2.45, 2.75) is 12.7 Å². The van der Waals surface area contributed by atoms with Crippen LogP contribution >= 0.6 is 0 Å². The summed E-state index contributed by atoms with van der Waals surface area (Å²) >= 11 is 0. The lowest BCUT2D eigenvalue weighted by Crippen LogP contribution is -2.16. The molecule has 28 heavy (non-hydrogen) atoms. The maximum absolute atomic E-state index is 12.6. The Balaban J connectivity index is 1.71. The molecule has 0 spiro atoms. The third-order valence-corrected chi connectivity index (χ3v) is 3.92. The first-order valence-corrected chi connectivity index (χ1v) is 8.28. The monoisotopic (exact) mass is 387 g/mol. The zero-order valence-corrected chi connectivity index (χ0v) is 14.5. The molecule has 0 radical (unpaired) electrons. The van der Waals surface area contributed by atoms with Gasteiger partial charge in [0, 0.05) is 18.4 Å². The van der Waals surface area contributed by atoms with Gasteiger partial charge in [0.2, 0.25) is 0 Å². The Morgan fingerprint density at radius 1 is 1.00 bits per heavy atom. The molecule has 1 aromatic heterocycles. The summed E-state index contributed by atoms with van der Waals surface area (Å²) in [6.07, 6.45) is -2.91. The number of carbonyl (C=O) groups is 1. The molecule has 0 unspecified atom stereocenters. The Morgan fingerprint density at radius 3 is 2.32 bits per heavy atom. The first-order chi connectivity index (χ1) is 13.3. The number of alkyl halides is 3. The van der Waals surface area contributed by atoms with Crippen molar-refractivity contribution in [1.29, 1.82) is 0 Å². The fourth-order valence-electron chi connectivity index (χ4n) is 2.47. The first kappa shape index (κ1) is 19.2. The van der Waals surface area contributed by atoms with Gasteiger partial charge < -0.3 is 15.7 Å². The molecule has 0 aliphatic rings. The van der Waals surface area contributed by atoms with Crippen molar-refractivity contribution in [3.05, 3.63) is 83.6 Å². The molecule has 8 heteroatoms. The number of nitrogens with one attached hydrogen (secondary N) is 2. The summed E-state index contributed by atoms with van der Waals surface area (Å²) in [5.74, 6) is -0.0146. The van der Waals surface area contributed by atoms with Crippen LogP contribution in [0.15, 0.2) is 66.9 Å². The Hall–Kier alpha value is -3.55.